The minimum absolute atomic E-state index is 0.616. The minimum atomic E-state index is 0.616. The summed E-state index contributed by atoms with van der Waals surface area (Å²) in [5.41, 5.74) is 2.55. The maximum atomic E-state index is 5.63. The van der Waals surface area contributed by atoms with Gasteiger partial charge in [-0.15, -0.1) is 0 Å². The number of anilines is 2. The molecule has 112 valence electrons. The number of benzene rings is 1. The first-order valence-electron chi connectivity index (χ1n) is 7.08. The largest absolute Gasteiger partial charge is 0.494 e. The van der Waals surface area contributed by atoms with Gasteiger partial charge in [-0.1, -0.05) is 25.1 Å². The van der Waals surface area contributed by atoms with Crippen LogP contribution in [0.5, 0.6) is 5.75 Å². The van der Waals surface area contributed by atoms with Crippen molar-refractivity contribution in [1.82, 2.24) is 9.97 Å². The van der Waals surface area contributed by atoms with Crippen LogP contribution in [0.4, 0.5) is 11.6 Å². The quantitative estimate of drug-likeness (QED) is 0.392. The molecule has 0 unspecified atom stereocenters. The number of hydrazine groups is 1. The summed E-state index contributed by atoms with van der Waals surface area (Å²) in [6.07, 6.45) is 1.65. The molecule has 0 aliphatic carbocycles. The van der Waals surface area contributed by atoms with Crippen molar-refractivity contribution in [2.24, 2.45) is 5.84 Å². The molecule has 0 aliphatic heterocycles. The van der Waals surface area contributed by atoms with E-state index in [1.165, 1.54) is 0 Å². The molecule has 0 saturated carbocycles. The molecule has 0 atom stereocenters. The average molecular weight is 287 g/mol. The molecule has 0 amide bonds. The monoisotopic (exact) mass is 287 g/mol. The second-order valence-corrected chi connectivity index (χ2v) is 4.49. The van der Waals surface area contributed by atoms with E-state index in [-0.39, 0.29) is 0 Å². The first-order valence-corrected chi connectivity index (χ1v) is 7.08. The first-order chi connectivity index (χ1) is 10.3. The van der Waals surface area contributed by atoms with Gasteiger partial charge in [-0.25, -0.2) is 15.8 Å². The van der Waals surface area contributed by atoms with Crippen molar-refractivity contribution in [3.05, 3.63) is 42.2 Å². The molecule has 1 aromatic carbocycles. The summed E-state index contributed by atoms with van der Waals surface area (Å²) in [5, 5.41) is 3.25. The second kappa shape index (κ2) is 8.06. The average Bonchev–Trinajstić information content (AvgIpc) is 2.55. The van der Waals surface area contributed by atoms with Gasteiger partial charge >= 0.3 is 0 Å². The van der Waals surface area contributed by atoms with Crippen LogP contribution in [0.25, 0.3) is 0 Å². The Balaban J connectivity index is 1.75. The molecular formula is C15H21N5O. The fourth-order valence-electron chi connectivity index (χ4n) is 1.82. The van der Waals surface area contributed by atoms with Crippen LogP contribution in [0, 0.1) is 0 Å². The molecule has 2 aromatic rings. The fraction of sp³-hybridized carbons (Fsp3) is 0.333. The van der Waals surface area contributed by atoms with E-state index >= 15 is 0 Å². The summed E-state index contributed by atoms with van der Waals surface area (Å²) in [4.78, 5) is 8.64. The van der Waals surface area contributed by atoms with E-state index in [0.717, 1.165) is 36.8 Å². The van der Waals surface area contributed by atoms with Gasteiger partial charge in [0.25, 0.3) is 0 Å². The molecule has 0 fully saturated rings. The molecule has 6 heteroatoms. The molecule has 0 bridgehead atoms. The Morgan fingerprint density at radius 2 is 1.90 bits per heavy atom. The lowest BCUT2D eigenvalue weighted by molar-refractivity contribution is 0.315. The van der Waals surface area contributed by atoms with E-state index in [2.05, 4.69) is 20.7 Å². The number of rotatable bonds is 8. The van der Waals surface area contributed by atoms with Gasteiger partial charge in [-0.05, 0) is 18.6 Å². The summed E-state index contributed by atoms with van der Waals surface area (Å²) in [5.74, 6) is 8.43. The highest BCUT2D eigenvalue weighted by molar-refractivity contribution is 5.46. The van der Waals surface area contributed by atoms with Gasteiger partial charge in [0.1, 0.15) is 23.2 Å². The van der Waals surface area contributed by atoms with Gasteiger partial charge in [0, 0.05) is 19.0 Å². The number of hydrogen-bond acceptors (Lipinski definition) is 6. The molecule has 2 rings (SSSR count). The Kier molecular flexibility index (Phi) is 5.78. The van der Waals surface area contributed by atoms with Gasteiger partial charge in [0.05, 0.1) is 6.61 Å². The molecule has 0 saturated heterocycles. The number of aromatic nitrogens is 2. The highest BCUT2D eigenvalue weighted by Gasteiger charge is 2.02. The molecule has 4 N–H and O–H groups in total. The Hall–Kier alpha value is -2.34. The van der Waals surface area contributed by atoms with Crippen LogP contribution in [-0.2, 0) is 6.42 Å². The second-order valence-electron chi connectivity index (χ2n) is 4.49. The lowest BCUT2D eigenvalue weighted by Gasteiger charge is -2.09. The standard InChI is InChI=1S/C15H21N5O/c1-2-13-18-14(11-15(19-13)20-16)17-9-6-10-21-12-7-4-3-5-8-12/h3-5,7-8,11H,2,6,9-10,16H2,1H3,(H2,17,18,19,20). The Labute approximate surface area is 124 Å². The van der Waals surface area contributed by atoms with Gasteiger partial charge in [-0.3, -0.25) is 0 Å². The van der Waals surface area contributed by atoms with Crippen molar-refractivity contribution < 1.29 is 4.74 Å². The van der Waals surface area contributed by atoms with Crippen LogP contribution < -0.4 is 21.3 Å². The number of nitrogens with one attached hydrogen (secondary N) is 2. The minimum Gasteiger partial charge on any atom is -0.494 e. The summed E-state index contributed by atoms with van der Waals surface area (Å²) in [6, 6.07) is 11.6. The summed E-state index contributed by atoms with van der Waals surface area (Å²) in [7, 11) is 0. The zero-order valence-electron chi connectivity index (χ0n) is 12.2. The van der Waals surface area contributed by atoms with Crippen LogP contribution in [0.3, 0.4) is 0 Å². The SMILES string of the molecule is CCc1nc(NN)cc(NCCCOc2ccccc2)n1. The van der Waals surface area contributed by atoms with Gasteiger partial charge in [0.2, 0.25) is 0 Å². The first kappa shape index (κ1) is 15.1. The zero-order valence-corrected chi connectivity index (χ0v) is 12.2. The van der Waals surface area contributed by atoms with Crippen LogP contribution >= 0.6 is 0 Å². The predicted octanol–water partition coefficient (Wildman–Crippen LogP) is 2.21. The van der Waals surface area contributed by atoms with Crippen molar-refractivity contribution >= 4 is 11.6 Å². The third-order valence-corrected chi connectivity index (χ3v) is 2.88. The number of para-hydroxylation sites is 1. The van der Waals surface area contributed by atoms with Crippen LogP contribution in [0.1, 0.15) is 19.2 Å². The molecule has 21 heavy (non-hydrogen) atoms. The fourth-order valence-corrected chi connectivity index (χ4v) is 1.82. The number of aryl methyl sites for hydroxylation is 1. The van der Waals surface area contributed by atoms with E-state index < -0.39 is 0 Å². The summed E-state index contributed by atoms with van der Waals surface area (Å²) >= 11 is 0. The number of nitrogens with two attached hydrogens (primary N) is 1. The van der Waals surface area contributed by atoms with Crippen molar-refractivity contribution in [2.45, 2.75) is 19.8 Å². The summed E-state index contributed by atoms with van der Waals surface area (Å²) < 4.78 is 5.63. The highest BCUT2D eigenvalue weighted by atomic mass is 16.5. The van der Waals surface area contributed by atoms with E-state index in [9.17, 15) is 0 Å². The highest BCUT2D eigenvalue weighted by Crippen LogP contribution is 2.11. The van der Waals surface area contributed by atoms with Crippen LogP contribution in [-0.4, -0.2) is 23.1 Å². The smallest absolute Gasteiger partial charge is 0.145 e. The molecule has 6 nitrogen and oxygen atoms in total. The third-order valence-electron chi connectivity index (χ3n) is 2.88. The topological polar surface area (TPSA) is 85.1 Å². The Morgan fingerprint density at radius 3 is 2.62 bits per heavy atom. The molecule has 0 spiro atoms. The number of nitrogen functional groups attached to an aromatic ring is 1. The van der Waals surface area contributed by atoms with Gasteiger partial charge < -0.3 is 15.5 Å². The molecule has 1 aromatic heterocycles. The normalized spacial score (nSPS) is 10.2. The van der Waals surface area contributed by atoms with E-state index in [4.69, 9.17) is 10.6 Å². The number of ether oxygens (including phenoxy) is 1. The van der Waals surface area contributed by atoms with E-state index in [0.29, 0.717) is 12.4 Å². The zero-order chi connectivity index (χ0) is 14.9. The van der Waals surface area contributed by atoms with Crippen molar-refractivity contribution in [2.75, 3.05) is 23.9 Å². The third kappa shape index (κ3) is 4.92. The van der Waals surface area contributed by atoms with E-state index in [1.807, 2.05) is 37.3 Å². The lowest BCUT2D eigenvalue weighted by Crippen LogP contribution is -2.13. The van der Waals surface area contributed by atoms with Gasteiger partial charge in [-0.2, -0.15) is 0 Å². The maximum Gasteiger partial charge on any atom is 0.145 e. The molecule has 1 heterocycles. The lowest BCUT2D eigenvalue weighted by atomic mass is 10.3. The maximum absolute atomic E-state index is 5.63. The van der Waals surface area contributed by atoms with Crippen LogP contribution in [0.2, 0.25) is 0 Å². The molecule has 0 radical (unpaired) electrons. The Bertz CT molecular complexity index is 525. The molecule has 0 aliphatic rings. The molecular weight excluding hydrogens is 266 g/mol. The van der Waals surface area contributed by atoms with Crippen LogP contribution in [0.15, 0.2) is 36.4 Å². The van der Waals surface area contributed by atoms with Crippen molar-refractivity contribution in [3.63, 3.8) is 0 Å². The Morgan fingerprint density at radius 1 is 1.14 bits per heavy atom. The van der Waals surface area contributed by atoms with Crippen molar-refractivity contribution in [3.8, 4) is 5.75 Å². The number of nitrogens with zero attached hydrogens (tertiary/aromatic N) is 2. The van der Waals surface area contributed by atoms with E-state index in [1.54, 1.807) is 6.07 Å². The van der Waals surface area contributed by atoms with Crippen molar-refractivity contribution in [1.29, 1.82) is 0 Å². The van der Waals surface area contributed by atoms with Gasteiger partial charge in [0.15, 0.2) is 0 Å². The summed E-state index contributed by atoms with van der Waals surface area (Å²) in [6.45, 7) is 3.44. The predicted molar refractivity (Wildman–Crippen MR) is 84.3 cm³/mol. The number of hydrogen-bond donors (Lipinski definition) is 3.